The predicted octanol–water partition coefficient (Wildman–Crippen LogP) is 3.19. The van der Waals surface area contributed by atoms with Crippen molar-refractivity contribution in [2.45, 2.75) is 0 Å². The number of nitrogens with one attached hydrogen (secondary N) is 1. The second kappa shape index (κ2) is 7.46. The van der Waals surface area contributed by atoms with Crippen LogP contribution in [-0.2, 0) is 0 Å². The van der Waals surface area contributed by atoms with Crippen LogP contribution < -0.4 is 5.32 Å². The molecule has 0 spiro atoms. The fourth-order valence-electron chi connectivity index (χ4n) is 1.74. The summed E-state index contributed by atoms with van der Waals surface area (Å²) in [6, 6.07) is 12.3. The number of thiocarbonyl (C=S) groups is 1. The van der Waals surface area contributed by atoms with Crippen molar-refractivity contribution in [1.29, 1.82) is 0 Å². The maximum Gasteiger partial charge on any atom is 0.336 e. The van der Waals surface area contributed by atoms with E-state index in [1.54, 1.807) is 37.4 Å². The molecule has 0 aromatic heterocycles. The first-order valence-corrected chi connectivity index (χ1v) is 7.05. The van der Waals surface area contributed by atoms with Crippen LogP contribution in [0.25, 0.3) is 0 Å². The molecule has 0 aliphatic heterocycles. The maximum absolute atomic E-state index is 12.9. The van der Waals surface area contributed by atoms with Crippen LogP contribution in [0, 0.1) is 5.82 Å². The molecule has 7 heteroatoms. The van der Waals surface area contributed by atoms with Gasteiger partial charge >= 0.3 is 5.97 Å². The topological polar surface area (TPSA) is 64.9 Å². The highest BCUT2D eigenvalue weighted by Gasteiger charge is 2.08. The summed E-state index contributed by atoms with van der Waals surface area (Å²) >= 11 is 5.18. The van der Waals surface area contributed by atoms with Crippen LogP contribution in [0.4, 0.5) is 10.1 Å². The molecule has 0 unspecified atom stereocenters. The molecule has 118 valence electrons. The number of carboxylic acids is 1. The molecule has 0 fully saturated rings. The Morgan fingerprint density at radius 1 is 1.26 bits per heavy atom. The number of aromatic carboxylic acids is 1. The van der Waals surface area contributed by atoms with Gasteiger partial charge in [-0.15, -0.1) is 0 Å². The summed E-state index contributed by atoms with van der Waals surface area (Å²) in [4.78, 5) is 11.1. The highest BCUT2D eigenvalue weighted by molar-refractivity contribution is 7.80. The lowest BCUT2D eigenvalue weighted by molar-refractivity contribution is 0.0696. The van der Waals surface area contributed by atoms with Crippen LogP contribution in [0.5, 0.6) is 0 Å². The number of hydrogen-bond acceptors (Lipinski definition) is 3. The number of hydrogen-bond donors (Lipinski definition) is 2. The summed E-state index contributed by atoms with van der Waals surface area (Å²) in [6.07, 6.45) is 1.42. The van der Waals surface area contributed by atoms with E-state index in [0.29, 0.717) is 16.4 Å². The van der Waals surface area contributed by atoms with Gasteiger partial charge in [0.15, 0.2) is 5.11 Å². The van der Waals surface area contributed by atoms with Gasteiger partial charge in [-0.2, -0.15) is 5.10 Å². The summed E-state index contributed by atoms with van der Waals surface area (Å²) in [6.45, 7) is 0. The van der Waals surface area contributed by atoms with E-state index in [9.17, 15) is 9.18 Å². The third-order valence-electron chi connectivity index (χ3n) is 2.95. The standard InChI is InChI=1S/C16H14FN3O2S/c1-20(16(23)19-13-8-6-12(17)7-9-13)18-10-11-4-2-3-5-14(11)15(21)22/h2-10H,1H3,(H,19,23)(H,21,22). The van der Waals surface area contributed by atoms with Crippen molar-refractivity contribution < 1.29 is 14.3 Å². The van der Waals surface area contributed by atoms with Crippen LogP contribution in [0.15, 0.2) is 53.6 Å². The Morgan fingerprint density at radius 2 is 1.91 bits per heavy atom. The molecule has 0 bridgehead atoms. The third-order valence-corrected chi connectivity index (χ3v) is 3.32. The Hall–Kier alpha value is -2.80. The van der Waals surface area contributed by atoms with Crippen molar-refractivity contribution in [1.82, 2.24) is 5.01 Å². The SMILES string of the molecule is CN(N=Cc1ccccc1C(=O)O)C(=S)Nc1ccc(F)cc1. The van der Waals surface area contributed by atoms with Crippen molar-refractivity contribution in [3.05, 3.63) is 65.5 Å². The fourth-order valence-corrected chi connectivity index (χ4v) is 1.91. The summed E-state index contributed by atoms with van der Waals surface area (Å²) in [5.41, 5.74) is 1.25. The van der Waals surface area contributed by atoms with Gasteiger partial charge in [0.1, 0.15) is 5.82 Å². The van der Waals surface area contributed by atoms with Crippen molar-refractivity contribution in [3.63, 3.8) is 0 Å². The zero-order chi connectivity index (χ0) is 16.8. The molecule has 2 aromatic rings. The monoisotopic (exact) mass is 331 g/mol. The molecule has 23 heavy (non-hydrogen) atoms. The van der Waals surface area contributed by atoms with Gasteiger partial charge in [-0.25, -0.2) is 14.2 Å². The van der Waals surface area contributed by atoms with Crippen molar-refractivity contribution in [2.75, 3.05) is 12.4 Å². The fraction of sp³-hybridized carbons (Fsp3) is 0.0625. The Bertz CT molecular complexity index is 747. The first kappa shape index (κ1) is 16.6. The number of benzene rings is 2. The average Bonchev–Trinajstić information content (AvgIpc) is 2.54. The van der Waals surface area contributed by atoms with Gasteiger partial charge in [-0.1, -0.05) is 18.2 Å². The van der Waals surface area contributed by atoms with Gasteiger partial charge in [0, 0.05) is 18.3 Å². The van der Waals surface area contributed by atoms with Gasteiger partial charge in [-0.05, 0) is 42.5 Å². The van der Waals surface area contributed by atoms with Gasteiger partial charge in [-0.3, -0.25) is 0 Å². The van der Waals surface area contributed by atoms with Crippen LogP contribution in [0.3, 0.4) is 0 Å². The van der Waals surface area contributed by atoms with E-state index in [2.05, 4.69) is 10.4 Å². The molecule has 2 N–H and O–H groups in total. The van der Waals surface area contributed by atoms with Crippen LogP contribution in [0.2, 0.25) is 0 Å². The quantitative estimate of drug-likeness (QED) is 0.512. The van der Waals surface area contributed by atoms with Crippen LogP contribution >= 0.6 is 12.2 Å². The lowest BCUT2D eigenvalue weighted by Gasteiger charge is -2.15. The number of nitrogens with zero attached hydrogens (tertiary/aromatic N) is 2. The maximum atomic E-state index is 12.9. The number of halogens is 1. The second-order valence-corrected chi connectivity index (χ2v) is 4.98. The Balaban J connectivity index is 2.06. The van der Waals surface area contributed by atoms with Crippen molar-refractivity contribution >= 4 is 35.2 Å². The number of carbonyl (C=O) groups is 1. The second-order valence-electron chi connectivity index (χ2n) is 4.60. The normalized spacial score (nSPS) is 10.5. The molecule has 0 aliphatic carbocycles. The molecule has 0 saturated carbocycles. The highest BCUT2D eigenvalue weighted by Crippen LogP contribution is 2.10. The molecule has 0 radical (unpaired) electrons. The molecule has 2 rings (SSSR count). The minimum absolute atomic E-state index is 0.155. The lowest BCUT2D eigenvalue weighted by Crippen LogP contribution is -2.26. The Morgan fingerprint density at radius 3 is 2.57 bits per heavy atom. The van der Waals surface area contributed by atoms with Gasteiger partial charge in [0.2, 0.25) is 0 Å². The molecular weight excluding hydrogens is 317 g/mol. The number of carboxylic acid groups (broad SMARTS) is 1. The van der Waals surface area contributed by atoms with Gasteiger partial charge in [0.25, 0.3) is 0 Å². The highest BCUT2D eigenvalue weighted by atomic mass is 32.1. The third kappa shape index (κ3) is 4.58. The first-order valence-electron chi connectivity index (χ1n) is 6.64. The summed E-state index contributed by atoms with van der Waals surface area (Å²) < 4.78 is 12.9. The minimum atomic E-state index is -1.03. The van der Waals surface area contributed by atoms with Gasteiger partial charge in [0.05, 0.1) is 11.8 Å². The number of hydrazone groups is 1. The van der Waals surface area contributed by atoms with E-state index in [4.69, 9.17) is 17.3 Å². The number of rotatable bonds is 4. The Kier molecular flexibility index (Phi) is 5.37. The largest absolute Gasteiger partial charge is 0.478 e. The van der Waals surface area contributed by atoms with E-state index in [-0.39, 0.29) is 11.4 Å². The van der Waals surface area contributed by atoms with E-state index in [0.717, 1.165) is 0 Å². The molecule has 2 aromatic carbocycles. The average molecular weight is 331 g/mol. The zero-order valence-electron chi connectivity index (χ0n) is 12.2. The molecule has 5 nitrogen and oxygen atoms in total. The van der Waals surface area contributed by atoms with Crippen molar-refractivity contribution in [2.24, 2.45) is 5.10 Å². The predicted molar refractivity (Wildman–Crippen MR) is 91.4 cm³/mol. The van der Waals surface area contributed by atoms with E-state index < -0.39 is 5.97 Å². The lowest BCUT2D eigenvalue weighted by atomic mass is 10.1. The molecule has 0 heterocycles. The van der Waals surface area contributed by atoms with E-state index in [1.165, 1.54) is 29.4 Å². The van der Waals surface area contributed by atoms with Crippen molar-refractivity contribution in [3.8, 4) is 0 Å². The van der Waals surface area contributed by atoms with Crippen LogP contribution in [0.1, 0.15) is 15.9 Å². The molecule has 0 saturated heterocycles. The molecule has 0 aliphatic rings. The van der Waals surface area contributed by atoms with E-state index in [1.807, 2.05) is 0 Å². The summed E-state index contributed by atoms with van der Waals surface area (Å²) in [5, 5.41) is 17.8. The smallest absolute Gasteiger partial charge is 0.336 e. The van der Waals surface area contributed by atoms with E-state index >= 15 is 0 Å². The first-order chi connectivity index (χ1) is 11.0. The van der Waals surface area contributed by atoms with Crippen LogP contribution in [-0.4, -0.2) is 34.5 Å². The number of anilines is 1. The summed E-state index contributed by atoms with van der Waals surface area (Å²) in [5.74, 6) is -1.36. The Labute approximate surface area is 138 Å². The summed E-state index contributed by atoms with van der Waals surface area (Å²) in [7, 11) is 1.62. The molecule has 0 amide bonds. The molecular formula is C16H14FN3O2S. The minimum Gasteiger partial charge on any atom is -0.478 e. The zero-order valence-corrected chi connectivity index (χ0v) is 13.0. The van der Waals surface area contributed by atoms with Gasteiger partial charge < -0.3 is 10.4 Å². The molecule has 0 atom stereocenters.